The van der Waals surface area contributed by atoms with Crippen molar-refractivity contribution in [3.8, 4) is 0 Å². The van der Waals surface area contributed by atoms with Crippen molar-refractivity contribution in [2.45, 2.75) is 24.3 Å². The Morgan fingerprint density at radius 2 is 2.24 bits per heavy atom. The normalized spacial score (nSPS) is 14.3. The van der Waals surface area contributed by atoms with Crippen molar-refractivity contribution in [3.05, 3.63) is 34.1 Å². The lowest BCUT2D eigenvalue weighted by atomic mass is 10.2. The summed E-state index contributed by atoms with van der Waals surface area (Å²) in [6, 6.07) is 4.50. The molecule has 0 fully saturated rings. The van der Waals surface area contributed by atoms with Crippen molar-refractivity contribution in [2.24, 2.45) is 0 Å². The van der Waals surface area contributed by atoms with Crippen molar-refractivity contribution in [2.75, 3.05) is 0 Å². The van der Waals surface area contributed by atoms with E-state index in [0.29, 0.717) is 5.56 Å². The Bertz CT molecular complexity index is 450. The lowest BCUT2D eigenvalue weighted by Crippen LogP contribution is -2.17. The van der Waals surface area contributed by atoms with E-state index < -0.39 is 27.8 Å². The molecule has 0 aliphatic carbocycles. The first-order valence-corrected chi connectivity index (χ1v) is 7.11. The second kappa shape index (κ2) is 6.26. The van der Waals surface area contributed by atoms with Gasteiger partial charge in [-0.25, -0.2) is 4.39 Å². The molecule has 2 unspecified atom stereocenters. The van der Waals surface area contributed by atoms with Gasteiger partial charge < -0.3 is 5.11 Å². The molecule has 94 valence electrons. The summed E-state index contributed by atoms with van der Waals surface area (Å²) >= 11 is 3.08. The Kier molecular flexibility index (Phi) is 5.27. The van der Waals surface area contributed by atoms with E-state index in [2.05, 4.69) is 15.9 Å². The van der Waals surface area contributed by atoms with Crippen LogP contribution in [0.4, 0.5) is 4.39 Å². The molecule has 0 radical (unpaired) electrons. The second-order valence-electron chi connectivity index (χ2n) is 3.65. The van der Waals surface area contributed by atoms with Gasteiger partial charge in [0, 0.05) is 16.0 Å². The molecule has 1 rings (SSSR count). The number of benzene rings is 1. The number of carbonyl (C=O) groups is 1. The standard InChI is InChI=1S/C11H12BrFO3S/c1-7(5-10(14)15)17(16)6-8-3-2-4-9(13)11(8)12/h2-4,7H,5-6H2,1H3,(H,14,15). The molecule has 2 atom stereocenters. The Morgan fingerprint density at radius 1 is 1.59 bits per heavy atom. The summed E-state index contributed by atoms with van der Waals surface area (Å²) in [5.41, 5.74) is 0.584. The molecular weight excluding hydrogens is 311 g/mol. The summed E-state index contributed by atoms with van der Waals surface area (Å²) in [4.78, 5) is 10.5. The third kappa shape index (κ3) is 4.20. The predicted octanol–water partition coefficient (Wildman–Crippen LogP) is 2.70. The summed E-state index contributed by atoms with van der Waals surface area (Å²) in [5.74, 6) is -1.25. The van der Waals surface area contributed by atoms with E-state index in [1.807, 2.05) is 0 Å². The molecule has 0 aromatic heterocycles. The first kappa shape index (κ1) is 14.3. The van der Waals surface area contributed by atoms with Crippen LogP contribution in [0.15, 0.2) is 22.7 Å². The third-order valence-corrected chi connectivity index (χ3v) is 4.79. The molecule has 0 saturated carbocycles. The first-order chi connectivity index (χ1) is 7.91. The smallest absolute Gasteiger partial charge is 0.304 e. The number of rotatable bonds is 5. The molecular formula is C11H12BrFO3S. The maximum Gasteiger partial charge on any atom is 0.304 e. The van der Waals surface area contributed by atoms with Crippen LogP contribution in [0.5, 0.6) is 0 Å². The number of halogens is 2. The summed E-state index contributed by atoms with van der Waals surface area (Å²) in [5, 5.41) is 8.14. The molecule has 0 amide bonds. The summed E-state index contributed by atoms with van der Waals surface area (Å²) in [6.45, 7) is 1.61. The predicted molar refractivity (Wildman–Crippen MR) is 67.7 cm³/mol. The van der Waals surface area contributed by atoms with Crippen molar-refractivity contribution < 1.29 is 18.5 Å². The van der Waals surface area contributed by atoms with Gasteiger partial charge in [-0.3, -0.25) is 9.00 Å². The van der Waals surface area contributed by atoms with E-state index in [0.717, 1.165) is 0 Å². The molecule has 0 spiro atoms. The fourth-order valence-electron chi connectivity index (χ4n) is 1.29. The van der Waals surface area contributed by atoms with Crippen LogP contribution in [0.1, 0.15) is 18.9 Å². The van der Waals surface area contributed by atoms with Crippen LogP contribution in [0.3, 0.4) is 0 Å². The van der Waals surface area contributed by atoms with Crippen molar-refractivity contribution in [3.63, 3.8) is 0 Å². The van der Waals surface area contributed by atoms with Crippen LogP contribution in [0, 0.1) is 5.82 Å². The highest BCUT2D eigenvalue weighted by atomic mass is 79.9. The Hall–Kier alpha value is -0.750. The number of hydrogen-bond donors (Lipinski definition) is 1. The van der Waals surface area contributed by atoms with Crippen molar-refractivity contribution in [1.29, 1.82) is 0 Å². The van der Waals surface area contributed by atoms with Crippen LogP contribution in [0.2, 0.25) is 0 Å². The maximum absolute atomic E-state index is 13.2. The van der Waals surface area contributed by atoms with Gasteiger partial charge in [0.25, 0.3) is 0 Å². The van der Waals surface area contributed by atoms with Crippen LogP contribution >= 0.6 is 15.9 Å². The van der Waals surface area contributed by atoms with Gasteiger partial charge in [-0.15, -0.1) is 0 Å². The lowest BCUT2D eigenvalue weighted by Gasteiger charge is -2.10. The molecule has 0 bridgehead atoms. The third-order valence-electron chi connectivity index (χ3n) is 2.24. The van der Waals surface area contributed by atoms with E-state index in [4.69, 9.17) is 5.11 Å². The Labute approximate surface area is 110 Å². The average Bonchev–Trinajstić information content (AvgIpc) is 2.23. The zero-order valence-corrected chi connectivity index (χ0v) is 11.6. The summed E-state index contributed by atoms with van der Waals surface area (Å²) in [6.07, 6.45) is -0.153. The van der Waals surface area contributed by atoms with Crippen LogP contribution < -0.4 is 0 Å². The maximum atomic E-state index is 13.2. The van der Waals surface area contributed by atoms with E-state index in [1.165, 1.54) is 12.1 Å². The quantitative estimate of drug-likeness (QED) is 0.906. The van der Waals surface area contributed by atoms with Gasteiger partial charge >= 0.3 is 5.97 Å². The van der Waals surface area contributed by atoms with Gasteiger partial charge in [0.1, 0.15) is 5.82 Å². The molecule has 1 N–H and O–H groups in total. The van der Waals surface area contributed by atoms with Crippen LogP contribution in [-0.4, -0.2) is 20.5 Å². The van der Waals surface area contributed by atoms with Gasteiger partial charge in [-0.05, 0) is 27.6 Å². The largest absolute Gasteiger partial charge is 0.481 e. The molecule has 3 nitrogen and oxygen atoms in total. The molecule has 0 aliphatic rings. The number of hydrogen-bond acceptors (Lipinski definition) is 2. The molecule has 17 heavy (non-hydrogen) atoms. The zero-order chi connectivity index (χ0) is 13.0. The average molecular weight is 323 g/mol. The van der Waals surface area contributed by atoms with E-state index in [9.17, 15) is 13.4 Å². The minimum Gasteiger partial charge on any atom is -0.481 e. The molecule has 6 heteroatoms. The highest BCUT2D eigenvalue weighted by Crippen LogP contribution is 2.22. The van der Waals surface area contributed by atoms with Gasteiger partial charge in [-0.2, -0.15) is 0 Å². The molecule has 0 saturated heterocycles. The van der Waals surface area contributed by atoms with Crippen molar-refractivity contribution >= 4 is 32.7 Å². The molecule has 0 aliphatic heterocycles. The second-order valence-corrected chi connectivity index (χ2v) is 6.29. The highest BCUT2D eigenvalue weighted by molar-refractivity contribution is 9.10. The minimum atomic E-state index is -1.33. The Morgan fingerprint density at radius 3 is 2.82 bits per heavy atom. The van der Waals surface area contributed by atoms with E-state index >= 15 is 0 Å². The van der Waals surface area contributed by atoms with Gasteiger partial charge in [0.2, 0.25) is 0 Å². The fourth-order valence-corrected chi connectivity index (χ4v) is 3.04. The van der Waals surface area contributed by atoms with Gasteiger partial charge in [0.05, 0.1) is 16.6 Å². The fraction of sp³-hybridized carbons (Fsp3) is 0.364. The monoisotopic (exact) mass is 322 g/mol. The topological polar surface area (TPSA) is 54.4 Å². The van der Waals surface area contributed by atoms with E-state index in [1.54, 1.807) is 13.0 Å². The SMILES string of the molecule is CC(CC(=O)O)S(=O)Cc1cccc(F)c1Br. The molecule has 1 aromatic rings. The van der Waals surface area contributed by atoms with Crippen LogP contribution in [-0.2, 0) is 21.3 Å². The minimum absolute atomic E-state index is 0.146. The summed E-state index contributed by atoms with van der Waals surface area (Å²) < 4.78 is 25.3. The molecule has 1 aromatic carbocycles. The summed E-state index contributed by atoms with van der Waals surface area (Å²) in [7, 11) is -1.33. The van der Waals surface area contributed by atoms with Gasteiger partial charge in [0.15, 0.2) is 0 Å². The Balaban J connectivity index is 2.74. The zero-order valence-electron chi connectivity index (χ0n) is 9.15. The number of aliphatic carboxylic acids is 1. The van der Waals surface area contributed by atoms with Gasteiger partial charge in [-0.1, -0.05) is 19.1 Å². The first-order valence-electron chi connectivity index (χ1n) is 4.93. The number of carboxylic acid groups (broad SMARTS) is 1. The molecule has 0 heterocycles. The highest BCUT2D eigenvalue weighted by Gasteiger charge is 2.17. The lowest BCUT2D eigenvalue weighted by molar-refractivity contribution is -0.136. The number of carboxylic acids is 1. The van der Waals surface area contributed by atoms with Crippen LogP contribution in [0.25, 0.3) is 0 Å². The van der Waals surface area contributed by atoms with Crippen molar-refractivity contribution in [1.82, 2.24) is 0 Å². The van der Waals surface area contributed by atoms with E-state index in [-0.39, 0.29) is 16.6 Å².